The summed E-state index contributed by atoms with van der Waals surface area (Å²) in [5.74, 6) is 0.170. The third-order valence-electron chi connectivity index (χ3n) is 4.06. The number of methoxy groups -OCH3 is 1. The summed E-state index contributed by atoms with van der Waals surface area (Å²) in [6, 6.07) is 15.8. The maximum absolute atomic E-state index is 12.5. The number of hydrogen-bond acceptors (Lipinski definition) is 6. The number of nitrogens with zero attached hydrogens (tertiary/aromatic N) is 2. The van der Waals surface area contributed by atoms with E-state index in [1.54, 1.807) is 24.3 Å². The molecule has 9 heteroatoms. The first-order chi connectivity index (χ1) is 14.4. The van der Waals surface area contributed by atoms with Crippen molar-refractivity contribution < 1.29 is 18.9 Å². The first kappa shape index (κ1) is 20.6. The number of nitrogens with one attached hydrogen (secondary N) is 1. The molecule has 0 aliphatic carbocycles. The summed E-state index contributed by atoms with van der Waals surface area (Å²) in [6.07, 6.45) is 1.25. The van der Waals surface area contributed by atoms with Crippen LogP contribution in [0.4, 0.5) is 11.4 Å². The van der Waals surface area contributed by atoms with Crippen molar-refractivity contribution in [2.75, 3.05) is 12.4 Å². The highest BCUT2D eigenvalue weighted by Gasteiger charge is 2.19. The van der Waals surface area contributed by atoms with Gasteiger partial charge in [-0.3, -0.25) is 14.9 Å². The van der Waals surface area contributed by atoms with E-state index in [-0.39, 0.29) is 33.4 Å². The molecule has 3 rings (SSSR count). The minimum atomic E-state index is -0.655. The Kier molecular flexibility index (Phi) is 6.15. The smallest absolute Gasteiger partial charge is 0.281 e. The highest BCUT2D eigenvalue weighted by atomic mass is 35.5. The average molecular weight is 424 g/mol. The molecule has 0 radical (unpaired) electrons. The van der Waals surface area contributed by atoms with Gasteiger partial charge >= 0.3 is 0 Å². The fourth-order valence-corrected chi connectivity index (χ4v) is 2.83. The lowest BCUT2D eigenvalue weighted by atomic mass is 10.1. The van der Waals surface area contributed by atoms with E-state index in [2.05, 4.69) is 5.32 Å². The Morgan fingerprint density at radius 3 is 2.73 bits per heavy atom. The zero-order valence-corrected chi connectivity index (χ0v) is 16.3. The predicted molar refractivity (Wildman–Crippen MR) is 111 cm³/mol. The molecule has 150 valence electrons. The zero-order valence-electron chi connectivity index (χ0n) is 15.6. The number of ether oxygens (including phenoxy) is 1. The molecule has 0 fully saturated rings. The molecule has 1 N–H and O–H groups in total. The van der Waals surface area contributed by atoms with E-state index in [4.69, 9.17) is 20.8 Å². The number of amides is 1. The first-order valence-corrected chi connectivity index (χ1v) is 8.91. The normalized spacial score (nSPS) is 10.9. The number of anilines is 1. The van der Waals surface area contributed by atoms with E-state index in [1.807, 2.05) is 6.07 Å². The minimum absolute atomic E-state index is 0.181. The Labute approximate surface area is 176 Å². The highest BCUT2D eigenvalue weighted by molar-refractivity contribution is 6.30. The van der Waals surface area contributed by atoms with Crippen LogP contribution in [0.1, 0.15) is 5.76 Å². The van der Waals surface area contributed by atoms with Crippen LogP contribution in [0.5, 0.6) is 5.75 Å². The second-order valence-corrected chi connectivity index (χ2v) is 6.38. The van der Waals surface area contributed by atoms with Gasteiger partial charge in [0.1, 0.15) is 28.9 Å². The number of nitro groups is 1. The molecular weight excluding hydrogens is 410 g/mol. The third-order valence-corrected chi connectivity index (χ3v) is 4.29. The monoisotopic (exact) mass is 423 g/mol. The predicted octanol–water partition coefficient (Wildman–Crippen LogP) is 5.06. The van der Waals surface area contributed by atoms with E-state index >= 15 is 0 Å². The fraction of sp³-hybridized carbons (Fsp3) is 0.0476. The number of carbonyl (C=O) groups is 1. The standard InChI is InChI=1S/C21H14ClN3O5/c1-29-20-5-3-2-4-17(20)24-21(26)13(12-23)10-15-7-9-19(30-15)16-8-6-14(22)11-18(16)25(27)28/h2-11H,1H3,(H,24,26)/b13-10+. The first-order valence-electron chi connectivity index (χ1n) is 8.53. The zero-order chi connectivity index (χ0) is 21.7. The topological polar surface area (TPSA) is 118 Å². The number of nitriles is 1. The van der Waals surface area contributed by atoms with Crippen molar-refractivity contribution in [2.24, 2.45) is 0 Å². The molecule has 0 aliphatic rings. The van der Waals surface area contributed by atoms with Gasteiger partial charge in [0, 0.05) is 17.2 Å². The minimum Gasteiger partial charge on any atom is -0.495 e. The quantitative estimate of drug-likeness (QED) is 0.256. The largest absolute Gasteiger partial charge is 0.495 e. The second kappa shape index (κ2) is 8.94. The molecule has 0 bridgehead atoms. The molecule has 1 heterocycles. The number of benzene rings is 2. The number of hydrogen-bond donors (Lipinski definition) is 1. The van der Waals surface area contributed by atoms with Crippen LogP contribution in [0.15, 0.2) is 64.6 Å². The summed E-state index contributed by atoms with van der Waals surface area (Å²) >= 11 is 5.83. The van der Waals surface area contributed by atoms with Crippen LogP contribution in [0.3, 0.4) is 0 Å². The number of carbonyl (C=O) groups excluding carboxylic acids is 1. The molecular formula is C21H14ClN3O5. The Morgan fingerprint density at radius 1 is 1.27 bits per heavy atom. The number of furan rings is 1. The van der Waals surface area contributed by atoms with Crippen molar-refractivity contribution in [3.8, 4) is 23.1 Å². The summed E-state index contributed by atoms with van der Waals surface area (Å²) in [5, 5.41) is 23.5. The van der Waals surface area contributed by atoms with Crippen molar-refractivity contribution in [1.82, 2.24) is 0 Å². The van der Waals surface area contributed by atoms with E-state index in [0.29, 0.717) is 11.4 Å². The van der Waals surface area contributed by atoms with E-state index in [0.717, 1.165) is 0 Å². The Balaban J connectivity index is 1.88. The Hall–Kier alpha value is -4.09. The van der Waals surface area contributed by atoms with Gasteiger partial charge < -0.3 is 14.5 Å². The van der Waals surface area contributed by atoms with Gasteiger partial charge in [-0.15, -0.1) is 0 Å². The SMILES string of the molecule is COc1ccccc1NC(=O)/C(C#N)=C/c1ccc(-c2ccc(Cl)cc2[N+](=O)[O-])o1. The molecule has 8 nitrogen and oxygen atoms in total. The van der Waals surface area contributed by atoms with Crippen LogP contribution in [0, 0.1) is 21.4 Å². The van der Waals surface area contributed by atoms with Crippen LogP contribution in [0.25, 0.3) is 17.4 Å². The molecule has 0 saturated carbocycles. The van der Waals surface area contributed by atoms with E-state index in [9.17, 15) is 20.2 Å². The van der Waals surface area contributed by atoms with E-state index in [1.165, 1.54) is 43.5 Å². The highest BCUT2D eigenvalue weighted by Crippen LogP contribution is 2.33. The van der Waals surface area contributed by atoms with E-state index < -0.39 is 10.8 Å². The molecule has 0 unspecified atom stereocenters. The lowest BCUT2D eigenvalue weighted by Gasteiger charge is -2.08. The summed E-state index contributed by atoms with van der Waals surface area (Å²) < 4.78 is 10.8. The van der Waals surface area contributed by atoms with Crippen molar-refractivity contribution in [1.29, 1.82) is 5.26 Å². The number of nitro benzene ring substituents is 1. The van der Waals surface area contributed by atoms with Gasteiger partial charge in [-0.2, -0.15) is 5.26 Å². The molecule has 3 aromatic rings. The van der Waals surface area contributed by atoms with Crippen molar-refractivity contribution in [2.45, 2.75) is 0 Å². The molecule has 0 saturated heterocycles. The summed E-state index contributed by atoms with van der Waals surface area (Å²) in [6.45, 7) is 0. The van der Waals surface area contributed by atoms with Crippen molar-refractivity contribution in [3.63, 3.8) is 0 Å². The van der Waals surface area contributed by atoms with Gasteiger partial charge in [-0.1, -0.05) is 23.7 Å². The maximum Gasteiger partial charge on any atom is 0.281 e. The maximum atomic E-state index is 12.5. The Morgan fingerprint density at radius 2 is 2.03 bits per heavy atom. The molecule has 30 heavy (non-hydrogen) atoms. The van der Waals surface area contributed by atoms with Crippen LogP contribution in [-0.4, -0.2) is 17.9 Å². The van der Waals surface area contributed by atoms with Gasteiger partial charge in [0.15, 0.2) is 0 Å². The van der Waals surface area contributed by atoms with Crippen LogP contribution in [-0.2, 0) is 4.79 Å². The van der Waals surface area contributed by atoms with Gasteiger partial charge in [-0.05, 0) is 36.4 Å². The number of para-hydroxylation sites is 2. The molecule has 0 spiro atoms. The Bertz CT molecular complexity index is 1190. The summed E-state index contributed by atoms with van der Waals surface area (Å²) in [7, 11) is 1.46. The van der Waals surface area contributed by atoms with Crippen LogP contribution in [0.2, 0.25) is 5.02 Å². The third kappa shape index (κ3) is 4.48. The lowest BCUT2D eigenvalue weighted by Crippen LogP contribution is -2.14. The second-order valence-electron chi connectivity index (χ2n) is 5.94. The molecule has 2 aromatic carbocycles. The van der Waals surface area contributed by atoms with Gasteiger partial charge in [0.2, 0.25) is 0 Å². The van der Waals surface area contributed by atoms with Crippen LogP contribution < -0.4 is 10.1 Å². The van der Waals surface area contributed by atoms with Gasteiger partial charge in [-0.25, -0.2) is 0 Å². The van der Waals surface area contributed by atoms with Crippen LogP contribution >= 0.6 is 11.6 Å². The molecule has 1 amide bonds. The lowest BCUT2D eigenvalue weighted by molar-refractivity contribution is -0.384. The molecule has 1 aromatic heterocycles. The molecule has 0 atom stereocenters. The van der Waals surface area contributed by atoms with Gasteiger partial charge in [0.25, 0.3) is 11.6 Å². The van der Waals surface area contributed by atoms with Gasteiger partial charge in [0.05, 0.1) is 23.3 Å². The average Bonchev–Trinajstić information content (AvgIpc) is 3.20. The number of halogens is 1. The summed E-state index contributed by atoms with van der Waals surface area (Å²) in [4.78, 5) is 23.2. The number of rotatable bonds is 6. The summed E-state index contributed by atoms with van der Waals surface area (Å²) in [5.41, 5.74) is 0.193. The van der Waals surface area contributed by atoms with Crippen molar-refractivity contribution in [3.05, 3.63) is 81.1 Å². The molecule has 0 aliphatic heterocycles. The fourth-order valence-electron chi connectivity index (χ4n) is 2.67. The van der Waals surface area contributed by atoms with Crippen molar-refractivity contribution >= 4 is 35.0 Å².